The van der Waals surface area contributed by atoms with Gasteiger partial charge in [-0.1, -0.05) is 63.8 Å². The summed E-state index contributed by atoms with van der Waals surface area (Å²) in [7, 11) is -7.29. The molecule has 2 heterocycles. The second-order valence-corrected chi connectivity index (χ2v) is 14.6. The number of hydrogen-bond acceptors (Lipinski definition) is 4. The topological polar surface area (TPSA) is 74.8 Å². The van der Waals surface area contributed by atoms with Crippen LogP contribution in [0, 0.1) is 0 Å². The number of nitrogens with zero attached hydrogens (tertiary/aromatic N) is 2. The molecule has 2 aliphatic heterocycles. The van der Waals surface area contributed by atoms with Crippen LogP contribution < -0.4 is 10.4 Å². The molecule has 0 radical (unpaired) electrons. The minimum Gasteiger partial charge on any atom is -0.207 e. The summed E-state index contributed by atoms with van der Waals surface area (Å²) in [6, 6.07) is 10.3. The van der Waals surface area contributed by atoms with E-state index >= 15 is 0 Å². The van der Waals surface area contributed by atoms with E-state index in [-0.39, 0.29) is 9.79 Å². The molecular weight excluding hydrogens is 516 g/mol. The number of hydrogen-bond donors (Lipinski definition) is 0. The van der Waals surface area contributed by atoms with E-state index in [1.54, 1.807) is 32.9 Å². The largest absolute Gasteiger partial charge is 0.243 e. The Labute approximate surface area is 226 Å². The van der Waals surface area contributed by atoms with Gasteiger partial charge in [-0.15, -0.1) is 0 Å². The Balaban J connectivity index is 1.59. The summed E-state index contributed by atoms with van der Waals surface area (Å²) in [5, 5.41) is 4.40. The standard InChI is InChI=1S/C30H38N2O4S2/c1-23-27-15-13-25(37(33,34)31-17-9-5-3-6-10-18-31)21-29(27)24(2)30-22-26(14-16-28(23)30)38(35,36)32-19-11-7-4-8-12-20-32/h13-16,21-22H,1-12,17-20H2. The first-order chi connectivity index (χ1) is 18.2. The second-order valence-electron chi connectivity index (χ2n) is 10.7. The zero-order valence-corrected chi connectivity index (χ0v) is 23.8. The van der Waals surface area contributed by atoms with E-state index in [4.69, 9.17) is 0 Å². The lowest BCUT2D eigenvalue weighted by molar-refractivity contribution is 0.364. The third kappa shape index (κ3) is 5.16. The van der Waals surface area contributed by atoms with Crippen molar-refractivity contribution in [3.05, 3.63) is 46.8 Å². The molecule has 0 saturated carbocycles. The molecule has 0 aliphatic carbocycles. The van der Waals surface area contributed by atoms with E-state index in [9.17, 15) is 16.8 Å². The van der Waals surface area contributed by atoms with Crippen molar-refractivity contribution >= 4 is 54.7 Å². The summed E-state index contributed by atoms with van der Waals surface area (Å²) in [5.74, 6) is 0. The molecule has 0 spiro atoms. The van der Waals surface area contributed by atoms with Gasteiger partial charge in [0.25, 0.3) is 0 Å². The Kier molecular flexibility index (Phi) is 7.96. The van der Waals surface area contributed by atoms with Crippen LogP contribution in [0.5, 0.6) is 0 Å². The lowest BCUT2D eigenvalue weighted by Crippen LogP contribution is -2.34. The summed E-state index contributed by atoms with van der Waals surface area (Å²) in [6.45, 7) is 10.7. The van der Waals surface area contributed by atoms with Gasteiger partial charge in [0.05, 0.1) is 9.79 Å². The Morgan fingerprint density at radius 2 is 0.789 bits per heavy atom. The maximum absolute atomic E-state index is 13.6. The van der Waals surface area contributed by atoms with E-state index < -0.39 is 20.0 Å². The fourth-order valence-corrected chi connectivity index (χ4v) is 8.99. The highest BCUT2D eigenvalue weighted by molar-refractivity contribution is 7.89. The Morgan fingerprint density at radius 3 is 1.16 bits per heavy atom. The van der Waals surface area contributed by atoms with Crippen LogP contribution in [-0.4, -0.2) is 51.6 Å². The van der Waals surface area contributed by atoms with Crippen LogP contribution in [0.3, 0.4) is 0 Å². The number of rotatable bonds is 4. The van der Waals surface area contributed by atoms with Gasteiger partial charge in [-0.05, 0) is 81.9 Å². The van der Waals surface area contributed by atoms with Crippen molar-refractivity contribution in [3.63, 3.8) is 0 Å². The van der Waals surface area contributed by atoms with Crippen molar-refractivity contribution in [2.75, 3.05) is 26.2 Å². The van der Waals surface area contributed by atoms with Gasteiger partial charge in [0.15, 0.2) is 0 Å². The molecule has 0 bridgehead atoms. The van der Waals surface area contributed by atoms with Gasteiger partial charge in [-0.3, -0.25) is 0 Å². The van der Waals surface area contributed by atoms with Crippen LogP contribution in [0.25, 0.3) is 34.7 Å². The third-order valence-corrected chi connectivity index (χ3v) is 12.0. The monoisotopic (exact) mass is 554 g/mol. The predicted octanol–water partition coefficient (Wildman–Crippen LogP) is 4.72. The zero-order valence-electron chi connectivity index (χ0n) is 22.1. The van der Waals surface area contributed by atoms with E-state index in [0.29, 0.717) is 42.2 Å². The molecule has 8 heteroatoms. The predicted molar refractivity (Wildman–Crippen MR) is 155 cm³/mol. The second kappa shape index (κ2) is 11.1. The third-order valence-electron chi connectivity index (χ3n) is 8.19. The molecule has 204 valence electrons. The SMILES string of the molecule is C=c1c2ccc(S(=O)(=O)N3CCCCCCC3)cc2c(=C)c2cc(S(=O)(=O)N3CCCCCCC3)ccc12. The normalized spacial score (nSPS) is 19.6. The van der Waals surface area contributed by atoms with Gasteiger partial charge in [-0.25, -0.2) is 16.8 Å². The summed E-state index contributed by atoms with van der Waals surface area (Å²) in [5.41, 5.74) is 0. The van der Waals surface area contributed by atoms with Crippen LogP contribution in [0.1, 0.15) is 64.2 Å². The molecular formula is C30H38N2O4S2. The minimum absolute atomic E-state index is 0.249. The molecule has 0 aromatic heterocycles. The smallest absolute Gasteiger partial charge is 0.207 e. The lowest BCUT2D eigenvalue weighted by atomic mass is 9.99. The van der Waals surface area contributed by atoms with E-state index in [2.05, 4.69) is 13.2 Å². The Hall–Kier alpha value is -2.26. The highest BCUT2D eigenvalue weighted by atomic mass is 32.2. The van der Waals surface area contributed by atoms with E-state index in [0.717, 1.165) is 80.2 Å². The highest BCUT2D eigenvalue weighted by Crippen LogP contribution is 2.26. The van der Waals surface area contributed by atoms with Crippen molar-refractivity contribution in [2.24, 2.45) is 0 Å². The quantitative estimate of drug-likeness (QED) is 0.438. The van der Waals surface area contributed by atoms with Crippen LogP contribution in [0.4, 0.5) is 0 Å². The zero-order chi connectivity index (χ0) is 26.9. The van der Waals surface area contributed by atoms with E-state index in [1.807, 2.05) is 12.1 Å². The summed E-state index contributed by atoms with van der Waals surface area (Å²) in [6.07, 6.45) is 9.99. The average molecular weight is 555 g/mol. The van der Waals surface area contributed by atoms with Crippen molar-refractivity contribution < 1.29 is 16.8 Å². The first-order valence-electron chi connectivity index (χ1n) is 13.9. The van der Waals surface area contributed by atoms with Crippen molar-refractivity contribution in [2.45, 2.75) is 74.0 Å². The Bertz CT molecular complexity index is 1530. The molecule has 0 atom stereocenters. The maximum atomic E-state index is 13.6. The van der Waals surface area contributed by atoms with Crippen LogP contribution in [-0.2, 0) is 20.0 Å². The van der Waals surface area contributed by atoms with Gasteiger partial charge < -0.3 is 0 Å². The molecule has 38 heavy (non-hydrogen) atoms. The lowest BCUT2D eigenvalue weighted by Gasteiger charge is -2.24. The van der Waals surface area contributed by atoms with Gasteiger partial charge in [-0.2, -0.15) is 8.61 Å². The van der Waals surface area contributed by atoms with Crippen LogP contribution >= 0.6 is 0 Å². The fraction of sp³-hybridized carbons (Fsp3) is 0.467. The fourth-order valence-electron chi connectivity index (χ4n) is 5.90. The van der Waals surface area contributed by atoms with Crippen LogP contribution in [0.15, 0.2) is 46.2 Å². The first kappa shape index (κ1) is 27.3. The highest BCUT2D eigenvalue weighted by Gasteiger charge is 2.27. The van der Waals surface area contributed by atoms with Gasteiger partial charge in [0.2, 0.25) is 20.0 Å². The molecule has 3 aromatic carbocycles. The number of benzene rings is 3. The first-order valence-corrected chi connectivity index (χ1v) is 16.8. The summed E-state index contributed by atoms with van der Waals surface area (Å²) in [4.78, 5) is 0.497. The molecule has 5 rings (SSSR count). The van der Waals surface area contributed by atoms with Crippen molar-refractivity contribution in [3.8, 4) is 0 Å². The summed E-state index contributed by atoms with van der Waals surface area (Å²) >= 11 is 0. The van der Waals surface area contributed by atoms with Crippen molar-refractivity contribution in [1.29, 1.82) is 0 Å². The number of fused-ring (bicyclic) bond motifs is 2. The maximum Gasteiger partial charge on any atom is 0.243 e. The molecule has 2 fully saturated rings. The molecule has 0 N–H and O–H groups in total. The molecule has 6 nitrogen and oxygen atoms in total. The van der Waals surface area contributed by atoms with E-state index in [1.165, 1.54) is 0 Å². The molecule has 0 amide bonds. The van der Waals surface area contributed by atoms with Gasteiger partial charge >= 0.3 is 0 Å². The Morgan fingerprint density at radius 1 is 0.474 bits per heavy atom. The average Bonchev–Trinajstić information content (AvgIpc) is 2.86. The number of sulfonamides is 2. The molecule has 2 saturated heterocycles. The minimum atomic E-state index is -3.65. The summed E-state index contributed by atoms with van der Waals surface area (Å²) < 4.78 is 57.5. The van der Waals surface area contributed by atoms with Gasteiger partial charge in [0, 0.05) is 26.2 Å². The molecule has 3 aromatic rings. The van der Waals surface area contributed by atoms with Crippen molar-refractivity contribution in [1.82, 2.24) is 8.61 Å². The van der Waals surface area contributed by atoms with Gasteiger partial charge in [0.1, 0.15) is 0 Å². The molecule has 2 aliphatic rings. The molecule has 0 unspecified atom stereocenters. The van der Waals surface area contributed by atoms with Crippen LogP contribution in [0.2, 0.25) is 0 Å².